The van der Waals surface area contributed by atoms with Crippen molar-refractivity contribution in [3.05, 3.63) is 185 Å². The van der Waals surface area contributed by atoms with Crippen molar-refractivity contribution in [1.82, 2.24) is 0 Å². The SMILES string of the molecule is Cc1ccc2c(c1)C(c1ccccc1)(c1cccc(N(c3ccccc3)c3ccccc3)c1)c1cc(C)ccc1-2. The van der Waals surface area contributed by atoms with Gasteiger partial charge in [-0.05, 0) is 83.6 Å². The Bertz CT molecular complexity index is 1710. The van der Waals surface area contributed by atoms with Crippen LogP contribution in [0.2, 0.25) is 0 Å². The van der Waals surface area contributed by atoms with Gasteiger partial charge in [-0.1, -0.05) is 126 Å². The maximum absolute atomic E-state index is 2.40. The molecule has 1 nitrogen and oxygen atoms in total. The summed E-state index contributed by atoms with van der Waals surface area (Å²) in [6, 6.07) is 55.4. The van der Waals surface area contributed by atoms with Crippen LogP contribution in [-0.4, -0.2) is 0 Å². The molecule has 0 N–H and O–H groups in total. The average Bonchev–Trinajstić information content (AvgIpc) is 3.28. The predicted molar refractivity (Wildman–Crippen MR) is 168 cm³/mol. The van der Waals surface area contributed by atoms with Crippen LogP contribution in [0, 0.1) is 13.8 Å². The molecule has 1 aliphatic carbocycles. The molecule has 0 unspecified atom stereocenters. The first-order chi connectivity index (χ1) is 19.7. The highest BCUT2D eigenvalue weighted by molar-refractivity contribution is 5.87. The van der Waals surface area contributed by atoms with Crippen molar-refractivity contribution in [3.8, 4) is 11.1 Å². The Morgan fingerprint density at radius 3 is 1.38 bits per heavy atom. The van der Waals surface area contributed by atoms with Crippen LogP contribution in [0.3, 0.4) is 0 Å². The predicted octanol–water partition coefficient (Wildman–Crippen LogP) is 10.1. The molecule has 6 aromatic rings. The third-order valence-electron chi connectivity index (χ3n) is 8.22. The maximum Gasteiger partial charge on any atom is 0.0714 e. The fourth-order valence-electron chi connectivity index (χ4n) is 6.51. The van der Waals surface area contributed by atoms with E-state index in [9.17, 15) is 0 Å². The monoisotopic (exact) mass is 513 g/mol. The van der Waals surface area contributed by atoms with Gasteiger partial charge in [0.15, 0.2) is 0 Å². The summed E-state index contributed by atoms with van der Waals surface area (Å²) in [6.07, 6.45) is 0. The Kier molecular flexibility index (Phi) is 5.86. The summed E-state index contributed by atoms with van der Waals surface area (Å²) in [6.45, 7) is 4.40. The lowest BCUT2D eigenvalue weighted by molar-refractivity contribution is 0.766. The van der Waals surface area contributed by atoms with E-state index in [0.29, 0.717) is 0 Å². The van der Waals surface area contributed by atoms with Crippen molar-refractivity contribution < 1.29 is 0 Å². The van der Waals surface area contributed by atoms with Gasteiger partial charge < -0.3 is 4.90 Å². The zero-order valence-corrected chi connectivity index (χ0v) is 22.9. The Morgan fingerprint density at radius 1 is 0.400 bits per heavy atom. The van der Waals surface area contributed by atoms with Gasteiger partial charge in [-0.3, -0.25) is 0 Å². The number of hydrogen-bond acceptors (Lipinski definition) is 1. The lowest BCUT2D eigenvalue weighted by Crippen LogP contribution is -2.29. The first-order valence-corrected chi connectivity index (χ1v) is 14.0. The minimum atomic E-state index is -0.432. The Morgan fingerprint density at radius 2 is 0.850 bits per heavy atom. The zero-order chi connectivity index (χ0) is 27.1. The number of rotatable bonds is 5. The number of aryl methyl sites for hydroxylation is 2. The molecule has 7 rings (SSSR count). The van der Waals surface area contributed by atoms with Gasteiger partial charge in [-0.2, -0.15) is 0 Å². The van der Waals surface area contributed by atoms with Gasteiger partial charge in [0.1, 0.15) is 0 Å². The minimum absolute atomic E-state index is 0.432. The van der Waals surface area contributed by atoms with Crippen molar-refractivity contribution in [1.29, 1.82) is 0 Å². The average molecular weight is 514 g/mol. The van der Waals surface area contributed by atoms with E-state index in [1.54, 1.807) is 0 Å². The van der Waals surface area contributed by atoms with E-state index < -0.39 is 5.41 Å². The molecular weight excluding hydrogens is 482 g/mol. The smallest absolute Gasteiger partial charge is 0.0714 e. The fraction of sp³-hybridized carbons (Fsp3) is 0.0769. The quantitative estimate of drug-likeness (QED) is 0.221. The number of nitrogens with zero attached hydrogens (tertiary/aromatic N) is 1. The second-order valence-electron chi connectivity index (χ2n) is 10.8. The van der Waals surface area contributed by atoms with E-state index in [-0.39, 0.29) is 0 Å². The molecule has 0 bridgehead atoms. The summed E-state index contributed by atoms with van der Waals surface area (Å²) in [5.74, 6) is 0. The molecular formula is C39H31N. The van der Waals surface area contributed by atoms with Gasteiger partial charge in [-0.15, -0.1) is 0 Å². The Balaban J connectivity index is 1.55. The van der Waals surface area contributed by atoms with E-state index in [2.05, 4.69) is 170 Å². The highest BCUT2D eigenvalue weighted by Crippen LogP contribution is 2.57. The summed E-state index contributed by atoms with van der Waals surface area (Å²) in [5.41, 5.74) is 13.4. The normalized spacial score (nSPS) is 12.9. The fourth-order valence-corrected chi connectivity index (χ4v) is 6.51. The van der Waals surface area contributed by atoms with Gasteiger partial charge in [0.2, 0.25) is 0 Å². The minimum Gasteiger partial charge on any atom is -0.310 e. The molecule has 0 heterocycles. The second kappa shape index (κ2) is 9.70. The summed E-state index contributed by atoms with van der Waals surface area (Å²) in [5, 5.41) is 0. The van der Waals surface area contributed by atoms with Crippen LogP contribution in [0.15, 0.2) is 152 Å². The second-order valence-corrected chi connectivity index (χ2v) is 10.8. The van der Waals surface area contributed by atoms with E-state index in [1.165, 1.54) is 44.5 Å². The van der Waals surface area contributed by atoms with Crippen LogP contribution >= 0.6 is 0 Å². The van der Waals surface area contributed by atoms with Gasteiger partial charge in [0.05, 0.1) is 5.41 Å². The number of anilines is 3. The van der Waals surface area contributed by atoms with E-state index >= 15 is 0 Å². The summed E-state index contributed by atoms with van der Waals surface area (Å²) in [7, 11) is 0. The lowest BCUT2D eigenvalue weighted by Gasteiger charge is -2.35. The van der Waals surface area contributed by atoms with Gasteiger partial charge >= 0.3 is 0 Å². The molecule has 0 aliphatic heterocycles. The van der Waals surface area contributed by atoms with Crippen molar-refractivity contribution in [2.45, 2.75) is 19.3 Å². The number of fused-ring (bicyclic) bond motifs is 3. The molecule has 40 heavy (non-hydrogen) atoms. The van der Waals surface area contributed by atoms with Crippen molar-refractivity contribution >= 4 is 17.1 Å². The molecule has 0 aromatic heterocycles. The zero-order valence-electron chi connectivity index (χ0n) is 22.9. The van der Waals surface area contributed by atoms with Crippen molar-refractivity contribution in [3.63, 3.8) is 0 Å². The van der Waals surface area contributed by atoms with E-state index in [4.69, 9.17) is 0 Å². The Labute approximate surface area is 237 Å². The first kappa shape index (κ1) is 24.2. The van der Waals surface area contributed by atoms with Crippen LogP contribution < -0.4 is 4.90 Å². The van der Waals surface area contributed by atoms with E-state index in [0.717, 1.165) is 17.1 Å². The van der Waals surface area contributed by atoms with Crippen molar-refractivity contribution in [2.75, 3.05) is 4.90 Å². The van der Waals surface area contributed by atoms with Gasteiger partial charge in [0, 0.05) is 17.1 Å². The van der Waals surface area contributed by atoms with Crippen LogP contribution in [0.1, 0.15) is 33.4 Å². The highest BCUT2D eigenvalue weighted by atomic mass is 15.1. The summed E-state index contributed by atoms with van der Waals surface area (Å²) in [4.78, 5) is 2.35. The number of hydrogen-bond donors (Lipinski definition) is 0. The largest absolute Gasteiger partial charge is 0.310 e. The molecule has 0 fully saturated rings. The van der Waals surface area contributed by atoms with Crippen LogP contribution in [0.5, 0.6) is 0 Å². The lowest BCUT2D eigenvalue weighted by atomic mass is 9.67. The topological polar surface area (TPSA) is 3.24 Å². The van der Waals surface area contributed by atoms with Gasteiger partial charge in [-0.25, -0.2) is 0 Å². The molecule has 0 spiro atoms. The maximum atomic E-state index is 2.40. The number of benzene rings is 6. The van der Waals surface area contributed by atoms with Gasteiger partial charge in [0.25, 0.3) is 0 Å². The van der Waals surface area contributed by atoms with Crippen molar-refractivity contribution in [2.24, 2.45) is 0 Å². The molecule has 0 saturated heterocycles. The molecule has 0 radical (unpaired) electrons. The first-order valence-electron chi connectivity index (χ1n) is 14.0. The molecule has 0 amide bonds. The molecule has 0 saturated carbocycles. The number of para-hydroxylation sites is 2. The third kappa shape index (κ3) is 3.78. The molecule has 1 heteroatoms. The molecule has 1 aliphatic rings. The summed E-state index contributed by atoms with van der Waals surface area (Å²) >= 11 is 0. The highest BCUT2D eigenvalue weighted by Gasteiger charge is 2.46. The van der Waals surface area contributed by atoms with Crippen LogP contribution in [0.25, 0.3) is 11.1 Å². The molecule has 6 aromatic carbocycles. The van der Waals surface area contributed by atoms with E-state index in [1.807, 2.05) is 0 Å². The summed E-state index contributed by atoms with van der Waals surface area (Å²) < 4.78 is 0. The molecule has 192 valence electrons. The third-order valence-corrected chi connectivity index (χ3v) is 8.22. The molecule has 0 atom stereocenters. The Hall–Kier alpha value is -4.88. The van der Waals surface area contributed by atoms with Crippen LogP contribution in [0.4, 0.5) is 17.1 Å². The van der Waals surface area contributed by atoms with Crippen LogP contribution in [-0.2, 0) is 5.41 Å². The standard InChI is InChI=1S/C39H31N/c1-28-21-23-35-36-24-22-29(2)26-38(36)39(37(35)25-28,30-13-6-3-7-14-30)31-15-12-20-34(27-31)40(32-16-8-4-9-17-32)33-18-10-5-11-19-33/h3-27H,1-2H3.